The zero-order valence-corrected chi connectivity index (χ0v) is 12.3. The van der Waals surface area contributed by atoms with E-state index >= 15 is 0 Å². The van der Waals surface area contributed by atoms with E-state index in [4.69, 9.17) is 0 Å². The third-order valence-corrected chi connectivity index (χ3v) is 4.46. The molecule has 1 aliphatic rings. The summed E-state index contributed by atoms with van der Waals surface area (Å²) in [6.45, 7) is 0.373. The van der Waals surface area contributed by atoms with Gasteiger partial charge in [-0.1, -0.05) is 6.07 Å². The van der Waals surface area contributed by atoms with Crippen molar-refractivity contribution >= 4 is 21.7 Å². The van der Waals surface area contributed by atoms with Gasteiger partial charge >= 0.3 is 0 Å². The molecule has 6 nitrogen and oxygen atoms in total. The second kappa shape index (κ2) is 5.72. The van der Waals surface area contributed by atoms with Crippen LogP contribution in [0.25, 0.3) is 0 Å². The molecule has 1 aromatic heterocycles. The Hall–Kier alpha value is -2.48. The van der Waals surface area contributed by atoms with Crippen molar-refractivity contribution in [3.05, 3.63) is 54.1 Å². The summed E-state index contributed by atoms with van der Waals surface area (Å²) in [5, 5.41) is 2.84. The maximum absolute atomic E-state index is 13.2. The fourth-order valence-electron chi connectivity index (χ4n) is 2.06. The average Bonchev–Trinajstić information content (AvgIpc) is 2.49. The molecule has 3 rings (SSSR count). The van der Waals surface area contributed by atoms with Gasteiger partial charge in [-0.2, -0.15) is 0 Å². The molecule has 2 N–H and O–H groups in total. The number of guanidine groups is 1. The zero-order valence-electron chi connectivity index (χ0n) is 11.5. The van der Waals surface area contributed by atoms with Crippen LogP contribution in [0.3, 0.4) is 0 Å². The molecule has 2 heterocycles. The lowest BCUT2D eigenvalue weighted by molar-refractivity contribution is 0.586. The second-order valence-electron chi connectivity index (χ2n) is 4.67. The number of halogens is 1. The van der Waals surface area contributed by atoms with Crippen LogP contribution < -0.4 is 10.0 Å². The van der Waals surface area contributed by atoms with Gasteiger partial charge in [-0.25, -0.2) is 17.5 Å². The van der Waals surface area contributed by atoms with Gasteiger partial charge in [0.2, 0.25) is 5.96 Å². The van der Waals surface area contributed by atoms with Crippen LogP contribution in [-0.2, 0) is 16.4 Å². The van der Waals surface area contributed by atoms with Crippen LogP contribution in [0.15, 0.2) is 52.5 Å². The standard InChI is InChI=1S/C14H13FN4O2S/c15-10-4-5-12-13(9-10)22(20,21)19-14(18-12)17-8-6-11-3-1-2-7-16-11/h1-5,7,9H,6,8H2,(H2,17,18,19). The van der Waals surface area contributed by atoms with Crippen LogP contribution in [-0.4, -0.2) is 25.9 Å². The number of nitrogens with zero attached hydrogens (tertiary/aromatic N) is 2. The van der Waals surface area contributed by atoms with E-state index in [2.05, 4.69) is 20.0 Å². The predicted molar refractivity (Wildman–Crippen MR) is 80.6 cm³/mol. The molecule has 22 heavy (non-hydrogen) atoms. The summed E-state index contributed by atoms with van der Waals surface area (Å²) in [4.78, 5) is 8.21. The van der Waals surface area contributed by atoms with Gasteiger partial charge in [-0.3, -0.25) is 9.98 Å². The molecule has 0 bridgehead atoms. The van der Waals surface area contributed by atoms with E-state index in [1.807, 2.05) is 18.2 Å². The van der Waals surface area contributed by atoms with Crippen molar-refractivity contribution in [2.45, 2.75) is 11.3 Å². The fraction of sp³-hybridized carbons (Fsp3) is 0.143. The summed E-state index contributed by atoms with van der Waals surface area (Å²) in [7, 11) is -3.81. The monoisotopic (exact) mass is 320 g/mol. The first-order valence-electron chi connectivity index (χ1n) is 6.58. The molecule has 1 aromatic carbocycles. The number of pyridine rings is 1. The molecule has 2 aromatic rings. The Morgan fingerprint density at radius 2 is 2.09 bits per heavy atom. The van der Waals surface area contributed by atoms with Crippen molar-refractivity contribution in [1.29, 1.82) is 0 Å². The lowest BCUT2D eigenvalue weighted by Crippen LogP contribution is -2.41. The highest BCUT2D eigenvalue weighted by molar-refractivity contribution is 7.90. The van der Waals surface area contributed by atoms with E-state index in [1.165, 1.54) is 12.1 Å². The van der Waals surface area contributed by atoms with Gasteiger partial charge in [0, 0.05) is 24.9 Å². The van der Waals surface area contributed by atoms with Gasteiger partial charge in [0.05, 0.1) is 5.69 Å². The number of nitrogens with one attached hydrogen (secondary N) is 2. The molecule has 1 aliphatic heterocycles. The average molecular weight is 320 g/mol. The van der Waals surface area contributed by atoms with Crippen LogP contribution in [0.4, 0.5) is 10.1 Å². The topological polar surface area (TPSA) is 83.5 Å². The van der Waals surface area contributed by atoms with E-state index in [9.17, 15) is 12.8 Å². The van der Waals surface area contributed by atoms with E-state index < -0.39 is 15.8 Å². The summed E-state index contributed by atoms with van der Waals surface area (Å²) < 4.78 is 39.6. The van der Waals surface area contributed by atoms with Gasteiger partial charge in [-0.05, 0) is 30.3 Å². The Balaban J connectivity index is 1.77. The summed E-state index contributed by atoms with van der Waals surface area (Å²) in [5.41, 5.74) is 1.17. The molecule has 0 aliphatic carbocycles. The maximum atomic E-state index is 13.2. The number of benzene rings is 1. The van der Waals surface area contributed by atoms with Gasteiger partial charge in [0.15, 0.2) is 0 Å². The zero-order chi connectivity index (χ0) is 15.6. The Morgan fingerprint density at radius 1 is 1.23 bits per heavy atom. The Labute approximate surface area is 127 Å². The molecule has 0 saturated carbocycles. The number of aromatic nitrogens is 1. The number of hydrogen-bond donors (Lipinski definition) is 2. The number of rotatable bonds is 3. The molecule has 114 valence electrons. The van der Waals surface area contributed by atoms with Gasteiger partial charge in [0.25, 0.3) is 10.0 Å². The number of sulfonamides is 1. The maximum Gasteiger partial charge on any atom is 0.266 e. The van der Waals surface area contributed by atoms with Crippen molar-refractivity contribution in [3.8, 4) is 0 Å². The van der Waals surface area contributed by atoms with E-state index in [-0.39, 0.29) is 10.9 Å². The van der Waals surface area contributed by atoms with E-state index in [0.29, 0.717) is 18.7 Å². The van der Waals surface area contributed by atoms with Gasteiger partial charge in [0.1, 0.15) is 10.7 Å². The van der Waals surface area contributed by atoms with Gasteiger partial charge < -0.3 is 5.32 Å². The Kier molecular flexibility index (Phi) is 3.76. The summed E-state index contributed by atoms with van der Waals surface area (Å²) in [5.74, 6) is -0.489. The smallest absolute Gasteiger partial charge is 0.266 e. The molecule has 0 radical (unpaired) electrons. The molecule has 0 amide bonds. The number of anilines is 1. The van der Waals surface area contributed by atoms with Gasteiger partial charge in [-0.15, -0.1) is 0 Å². The van der Waals surface area contributed by atoms with Crippen molar-refractivity contribution in [2.24, 2.45) is 4.99 Å². The summed E-state index contributed by atoms with van der Waals surface area (Å²) in [6.07, 6.45) is 2.28. The minimum atomic E-state index is -3.81. The third kappa shape index (κ3) is 3.06. The van der Waals surface area contributed by atoms with Crippen LogP contribution in [0, 0.1) is 5.82 Å². The van der Waals surface area contributed by atoms with Crippen molar-refractivity contribution in [3.63, 3.8) is 0 Å². The first-order valence-corrected chi connectivity index (χ1v) is 8.07. The summed E-state index contributed by atoms with van der Waals surface area (Å²) >= 11 is 0. The highest BCUT2D eigenvalue weighted by Gasteiger charge is 2.26. The molecule has 0 fully saturated rings. The second-order valence-corrected chi connectivity index (χ2v) is 6.32. The van der Waals surface area contributed by atoms with E-state index in [0.717, 1.165) is 11.8 Å². The van der Waals surface area contributed by atoms with Crippen molar-refractivity contribution in [2.75, 3.05) is 11.9 Å². The summed E-state index contributed by atoms with van der Waals surface area (Å²) in [6, 6.07) is 9.10. The van der Waals surface area contributed by atoms with Crippen LogP contribution >= 0.6 is 0 Å². The molecule has 0 atom stereocenters. The van der Waals surface area contributed by atoms with Crippen LogP contribution in [0.5, 0.6) is 0 Å². The molecule has 8 heteroatoms. The van der Waals surface area contributed by atoms with Crippen molar-refractivity contribution in [1.82, 2.24) is 9.71 Å². The minimum Gasteiger partial charge on any atom is -0.324 e. The Bertz CT molecular complexity index is 822. The van der Waals surface area contributed by atoms with Crippen LogP contribution in [0.2, 0.25) is 0 Å². The number of fused-ring (bicyclic) bond motifs is 1. The molecular formula is C14H13FN4O2S. The SMILES string of the molecule is O=S1(=O)NC(=NCCc2ccccn2)Nc2ccc(F)cc21. The quantitative estimate of drug-likeness (QED) is 0.898. The molecular weight excluding hydrogens is 307 g/mol. The third-order valence-electron chi connectivity index (χ3n) is 3.08. The predicted octanol–water partition coefficient (Wildman–Crippen LogP) is 1.52. The number of aliphatic imine (C=N–C) groups is 1. The lowest BCUT2D eigenvalue weighted by atomic mass is 10.3. The largest absolute Gasteiger partial charge is 0.324 e. The molecule has 0 spiro atoms. The normalized spacial score (nSPS) is 17.4. The molecule has 0 saturated heterocycles. The Morgan fingerprint density at radius 3 is 2.86 bits per heavy atom. The lowest BCUT2D eigenvalue weighted by Gasteiger charge is -2.21. The van der Waals surface area contributed by atoms with E-state index in [1.54, 1.807) is 6.20 Å². The first-order chi connectivity index (χ1) is 10.5. The fourth-order valence-corrected chi connectivity index (χ4v) is 3.21. The van der Waals surface area contributed by atoms with Crippen molar-refractivity contribution < 1.29 is 12.8 Å². The highest BCUT2D eigenvalue weighted by Crippen LogP contribution is 2.25. The highest BCUT2D eigenvalue weighted by atomic mass is 32.2. The number of hydrogen-bond acceptors (Lipinski definition) is 4. The molecule has 0 unspecified atom stereocenters. The van der Waals surface area contributed by atoms with Crippen LogP contribution in [0.1, 0.15) is 5.69 Å². The first kappa shape index (κ1) is 14.5. The minimum absolute atomic E-state index is 0.120.